The fraction of sp³-hybridized carbons (Fsp3) is 0.625. The number of halogens is 1. The summed E-state index contributed by atoms with van der Waals surface area (Å²) in [6.45, 7) is 7.67. The zero-order valence-electron chi connectivity index (χ0n) is 12.4. The molecule has 1 aliphatic rings. The van der Waals surface area contributed by atoms with Crippen molar-refractivity contribution in [1.29, 1.82) is 0 Å². The minimum atomic E-state index is -0.0784. The van der Waals surface area contributed by atoms with Crippen LogP contribution in [0.3, 0.4) is 0 Å². The SMILES string of the molecule is CCNC(Cc1ccccc1F)C1CSC(C)C(C)S1. The fourth-order valence-corrected chi connectivity index (χ4v) is 5.65. The van der Waals surface area contributed by atoms with Crippen LogP contribution >= 0.6 is 23.5 Å². The number of rotatable bonds is 5. The highest BCUT2D eigenvalue weighted by Gasteiger charge is 2.31. The molecule has 0 spiro atoms. The third-order valence-corrected chi connectivity index (χ3v) is 7.44. The predicted octanol–water partition coefficient (Wildman–Crippen LogP) is 3.97. The maximum atomic E-state index is 13.9. The minimum absolute atomic E-state index is 0.0784. The molecular weight excluding hydrogens is 289 g/mol. The van der Waals surface area contributed by atoms with Crippen LogP contribution in [0.15, 0.2) is 24.3 Å². The topological polar surface area (TPSA) is 12.0 Å². The molecule has 1 aromatic carbocycles. The van der Waals surface area contributed by atoms with Gasteiger partial charge in [-0.1, -0.05) is 39.0 Å². The van der Waals surface area contributed by atoms with Gasteiger partial charge in [-0.3, -0.25) is 0 Å². The second kappa shape index (κ2) is 7.71. The van der Waals surface area contributed by atoms with E-state index in [1.807, 2.05) is 23.9 Å². The summed E-state index contributed by atoms with van der Waals surface area (Å²) in [5, 5.41) is 5.51. The first-order chi connectivity index (χ1) is 9.61. The van der Waals surface area contributed by atoms with E-state index in [2.05, 4.69) is 37.8 Å². The summed E-state index contributed by atoms with van der Waals surface area (Å²) < 4.78 is 13.9. The van der Waals surface area contributed by atoms with E-state index in [1.54, 1.807) is 12.1 Å². The smallest absolute Gasteiger partial charge is 0.126 e. The molecule has 0 aliphatic carbocycles. The molecule has 1 aliphatic heterocycles. The average molecular weight is 314 g/mol. The Morgan fingerprint density at radius 3 is 2.70 bits per heavy atom. The van der Waals surface area contributed by atoms with Gasteiger partial charge in [-0.15, -0.1) is 0 Å². The number of likely N-dealkylation sites (N-methyl/N-ethyl adjacent to an activating group) is 1. The molecule has 4 atom stereocenters. The van der Waals surface area contributed by atoms with Crippen molar-refractivity contribution in [2.45, 2.75) is 49.0 Å². The van der Waals surface area contributed by atoms with Gasteiger partial charge in [-0.2, -0.15) is 23.5 Å². The molecule has 1 fully saturated rings. The lowest BCUT2D eigenvalue weighted by Gasteiger charge is -2.36. The third kappa shape index (κ3) is 4.15. The second-order valence-electron chi connectivity index (χ2n) is 5.38. The molecule has 0 saturated carbocycles. The first kappa shape index (κ1) is 16.2. The number of benzene rings is 1. The first-order valence-electron chi connectivity index (χ1n) is 7.35. The Labute approximate surface area is 130 Å². The van der Waals surface area contributed by atoms with Crippen LogP contribution in [0.4, 0.5) is 4.39 Å². The van der Waals surface area contributed by atoms with Crippen LogP contribution in [0.25, 0.3) is 0 Å². The van der Waals surface area contributed by atoms with Crippen molar-refractivity contribution in [3.8, 4) is 0 Å². The van der Waals surface area contributed by atoms with E-state index in [4.69, 9.17) is 0 Å². The summed E-state index contributed by atoms with van der Waals surface area (Å²) in [7, 11) is 0. The van der Waals surface area contributed by atoms with Gasteiger partial charge in [0.1, 0.15) is 5.82 Å². The lowest BCUT2D eigenvalue weighted by Crippen LogP contribution is -2.44. The van der Waals surface area contributed by atoms with E-state index in [1.165, 1.54) is 0 Å². The third-order valence-electron chi connectivity index (χ3n) is 3.89. The standard InChI is InChI=1S/C16H24FNS2/c1-4-18-15(9-13-7-5-6-8-14(13)17)16-10-19-11(2)12(3)20-16/h5-8,11-12,15-16,18H,4,9-10H2,1-3H3. The Morgan fingerprint density at radius 2 is 2.05 bits per heavy atom. The van der Waals surface area contributed by atoms with Crippen molar-refractivity contribution in [1.82, 2.24) is 5.32 Å². The molecule has 0 amide bonds. The van der Waals surface area contributed by atoms with Crippen LogP contribution in [0.5, 0.6) is 0 Å². The Balaban J connectivity index is 2.05. The molecule has 0 radical (unpaired) electrons. The molecule has 4 heteroatoms. The molecule has 4 unspecified atom stereocenters. The fourth-order valence-electron chi connectivity index (χ4n) is 2.52. The zero-order valence-corrected chi connectivity index (χ0v) is 14.1. The maximum absolute atomic E-state index is 13.9. The van der Waals surface area contributed by atoms with Gasteiger partial charge in [-0.05, 0) is 24.6 Å². The highest BCUT2D eigenvalue weighted by molar-refractivity contribution is 8.07. The van der Waals surface area contributed by atoms with Crippen molar-refractivity contribution < 1.29 is 4.39 Å². The Bertz CT molecular complexity index is 427. The van der Waals surface area contributed by atoms with Crippen molar-refractivity contribution in [2.24, 2.45) is 0 Å². The number of thioether (sulfide) groups is 2. The lowest BCUT2D eigenvalue weighted by atomic mass is 10.0. The van der Waals surface area contributed by atoms with E-state index in [0.717, 1.165) is 24.3 Å². The normalized spacial score (nSPS) is 28.3. The van der Waals surface area contributed by atoms with Gasteiger partial charge in [0.15, 0.2) is 0 Å². The molecule has 0 aromatic heterocycles. The van der Waals surface area contributed by atoms with E-state index in [-0.39, 0.29) is 5.82 Å². The van der Waals surface area contributed by atoms with E-state index in [9.17, 15) is 4.39 Å². The largest absolute Gasteiger partial charge is 0.313 e. The highest BCUT2D eigenvalue weighted by Crippen LogP contribution is 2.37. The Hall–Kier alpha value is -0.190. The summed E-state index contributed by atoms with van der Waals surface area (Å²) in [5.41, 5.74) is 0.829. The van der Waals surface area contributed by atoms with Crippen LogP contribution < -0.4 is 5.32 Å². The van der Waals surface area contributed by atoms with Gasteiger partial charge >= 0.3 is 0 Å². The Morgan fingerprint density at radius 1 is 1.30 bits per heavy atom. The van der Waals surface area contributed by atoms with Gasteiger partial charge in [0, 0.05) is 27.5 Å². The monoisotopic (exact) mass is 313 g/mol. The zero-order chi connectivity index (χ0) is 14.5. The summed E-state index contributed by atoms with van der Waals surface area (Å²) in [6.07, 6.45) is 0.778. The van der Waals surface area contributed by atoms with E-state index >= 15 is 0 Å². The number of hydrogen-bond donors (Lipinski definition) is 1. The summed E-state index contributed by atoms with van der Waals surface area (Å²) in [6, 6.07) is 7.51. The summed E-state index contributed by atoms with van der Waals surface area (Å²) >= 11 is 4.11. The van der Waals surface area contributed by atoms with E-state index in [0.29, 0.717) is 21.8 Å². The quantitative estimate of drug-likeness (QED) is 0.883. The van der Waals surface area contributed by atoms with Gasteiger partial charge in [0.05, 0.1) is 0 Å². The van der Waals surface area contributed by atoms with Crippen molar-refractivity contribution in [2.75, 3.05) is 12.3 Å². The van der Waals surface area contributed by atoms with Crippen molar-refractivity contribution in [3.05, 3.63) is 35.6 Å². The molecule has 1 aromatic rings. The van der Waals surface area contributed by atoms with Crippen LogP contribution in [-0.2, 0) is 6.42 Å². The van der Waals surface area contributed by atoms with Gasteiger partial charge < -0.3 is 5.32 Å². The molecule has 1 heterocycles. The van der Waals surface area contributed by atoms with Gasteiger partial charge in [-0.25, -0.2) is 4.39 Å². The van der Waals surface area contributed by atoms with Gasteiger partial charge in [0.2, 0.25) is 0 Å². The maximum Gasteiger partial charge on any atom is 0.126 e. The summed E-state index contributed by atoms with van der Waals surface area (Å²) in [5.74, 6) is 1.08. The molecule has 1 N–H and O–H groups in total. The van der Waals surface area contributed by atoms with Crippen LogP contribution in [0.1, 0.15) is 26.3 Å². The van der Waals surface area contributed by atoms with Crippen LogP contribution in [-0.4, -0.2) is 34.1 Å². The van der Waals surface area contributed by atoms with Gasteiger partial charge in [0.25, 0.3) is 0 Å². The average Bonchev–Trinajstić information content (AvgIpc) is 2.44. The first-order valence-corrected chi connectivity index (χ1v) is 9.34. The highest BCUT2D eigenvalue weighted by atomic mass is 32.2. The lowest BCUT2D eigenvalue weighted by molar-refractivity contribution is 0.505. The molecular formula is C16H24FNS2. The van der Waals surface area contributed by atoms with Crippen LogP contribution in [0, 0.1) is 5.82 Å². The predicted molar refractivity (Wildman–Crippen MR) is 90.3 cm³/mol. The molecule has 2 rings (SSSR count). The Kier molecular flexibility index (Phi) is 6.24. The van der Waals surface area contributed by atoms with Crippen molar-refractivity contribution in [3.63, 3.8) is 0 Å². The van der Waals surface area contributed by atoms with E-state index < -0.39 is 0 Å². The second-order valence-corrected chi connectivity index (χ2v) is 8.41. The summed E-state index contributed by atoms with van der Waals surface area (Å²) in [4.78, 5) is 0. The molecule has 1 nitrogen and oxygen atoms in total. The minimum Gasteiger partial charge on any atom is -0.313 e. The molecule has 112 valence electrons. The number of nitrogens with one attached hydrogen (secondary N) is 1. The molecule has 1 saturated heterocycles. The number of hydrogen-bond acceptors (Lipinski definition) is 3. The molecule has 20 heavy (non-hydrogen) atoms. The van der Waals surface area contributed by atoms with Crippen molar-refractivity contribution >= 4 is 23.5 Å². The molecule has 0 bridgehead atoms. The van der Waals surface area contributed by atoms with Crippen LogP contribution in [0.2, 0.25) is 0 Å².